The molecule has 0 radical (unpaired) electrons. The molecule has 8 heteroatoms. The average Bonchev–Trinajstić information content (AvgIpc) is 2.96. The highest BCUT2D eigenvalue weighted by molar-refractivity contribution is 7.90. The van der Waals surface area contributed by atoms with Crippen LogP contribution in [0.4, 0.5) is 0 Å². The smallest absolute Gasteiger partial charge is 0.242 e. The minimum absolute atomic E-state index is 0.321. The van der Waals surface area contributed by atoms with Gasteiger partial charge in [0, 0.05) is 53.2 Å². The normalized spacial score (nSPS) is 16.9. The van der Waals surface area contributed by atoms with Crippen LogP contribution in [0, 0.1) is 0 Å². The Balaban J connectivity index is 1.60. The zero-order valence-corrected chi connectivity index (χ0v) is 15.1. The van der Waals surface area contributed by atoms with E-state index in [9.17, 15) is 8.42 Å². The zero-order valence-electron chi connectivity index (χ0n) is 12.7. The number of hydrogen-bond acceptors (Lipinski definition) is 5. The standard InChI is InChI=1S/C15H20ClN3O2S2/c16-12-2-3-14-13(10-12)15(11-22-14)23(20,21)18-4-1-7-19-8-5-17-6-9-19/h2-3,10-11,17-18H,1,4-9H2. The van der Waals surface area contributed by atoms with Gasteiger partial charge in [-0.05, 0) is 31.2 Å². The van der Waals surface area contributed by atoms with Crippen LogP contribution in [0.1, 0.15) is 6.42 Å². The predicted octanol–water partition coefficient (Wildman–Crippen LogP) is 2.13. The van der Waals surface area contributed by atoms with Crippen molar-refractivity contribution in [1.82, 2.24) is 14.9 Å². The van der Waals surface area contributed by atoms with Crippen molar-refractivity contribution in [3.8, 4) is 0 Å². The van der Waals surface area contributed by atoms with Crippen LogP contribution in [0.3, 0.4) is 0 Å². The van der Waals surface area contributed by atoms with Crippen molar-refractivity contribution in [1.29, 1.82) is 0 Å². The summed E-state index contributed by atoms with van der Waals surface area (Å²) < 4.78 is 28.6. The lowest BCUT2D eigenvalue weighted by molar-refractivity contribution is 0.239. The number of hydrogen-bond donors (Lipinski definition) is 2. The largest absolute Gasteiger partial charge is 0.314 e. The van der Waals surface area contributed by atoms with E-state index in [0.29, 0.717) is 21.8 Å². The molecule has 1 aromatic carbocycles. The van der Waals surface area contributed by atoms with Crippen LogP contribution in [-0.4, -0.2) is 52.6 Å². The minimum Gasteiger partial charge on any atom is -0.314 e. The number of nitrogens with one attached hydrogen (secondary N) is 2. The predicted molar refractivity (Wildman–Crippen MR) is 96.0 cm³/mol. The van der Waals surface area contributed by atoms with Crippen molar-refractivity contribution < 1.29 is 8.42 Å². The Bertz CT molecular complexity index is 770. The maximum Gasteiger partial charge on any atom is 0.242 e. The van der Waals surface area contributed by atoms with E-state index in [1.165, 1.54) is 11.3 Å². The number of fused-ring (bicyclic) bond motifs is 1. The van der Waals surface area contributed by atoms with Gasteiger partial charge in [-0.15, -0.1) is 11.3 Å². The first-order valence-electron chi connectivity index (χ1n) is 7.66. The quantitative estimate of drug-likeness (QED) is 0.761. The van der Waals surface area contributed by atoms with Crippen molar-refractivity contribution >= 4 is 43.0 Å². The monoisotopic (exact) mass is 373 g/mol. The molecule has 5 nitrogen and oxygen atoms in total. The Morgan fingerprint density at radius 2 is 2.09 bits per heavy atom. The molecule has 1 aliphatic heterocycles. The highest BCUT2D eigenvalue weighted by Gasteiger charge is 2.19. The van der Waals surface area contributed by atoms with Gasteiger partial charge in [0.05, 0.1) is 0 Å². The molecule has 0 aliphatic carbocycles. The Labute approximate surface area is 145 Å². The molecular weight excluding hydrogens is 354 g/mol. The van der Waals surface area contributed by atoms with Crippen LogP contribution in [0.15, 0.2) is 28.5 Å². The van der Waals surface area contributed by atoms with Crippen molar-refractivity contribution in [2.45, 2.75) is 11.3 Å². The molecular formula is C15H20ClN3O2S2. The summed E-state index contributed by atoms with van der Waals surface area (Å²) in [5.74, 6) is 0. The zero-order chi connectivity index (χ0) is 16.3. The molecule has 1 aliphatic rings. The molecule has 0 atom stereocenters. The fraction of sp³-hybridized carbons (Fsp3) is 0.467. The molecule has 1 saturated heterocycles. The van der Waals surface area contributed by atoms with E-state index < -0.39 is 10.0 Å². The van der Waals surface area contributed by atoms with Crippen LogP contribution < -0.4 is 10.0 Å². The fourth-order valence-corrected chi connectivity index (χ4v) is 5.43. The lowest BCUT2D eigenvalue weighted by Crippen LogP contribution is -2.44. The van der Waals surface area contributed by atoms with E-state index in [0.717, 1.165) is 43.8 Å². The lowest BCUT2D eigenvalue weighted by atomic mass is 10.3. The molecule has 2 heterocycles. The fourth-order valence-electron chi connectivity index (χ4n) is 2.71. The molecule has 2 N–H and O–H groups in total. The van der Waals surface area contributed by atoms with Crippen LogP contribution in [0.2, 0.25) is 5.02 Å². The highest BCUT2D eigenvalue weighted by Crippen LogP contribution is 2.31. The van der Waals surface area contributed by atoms with Crippen molar-refractivity contribution in [2.24, 2.45) is 0 Å². The van der Waals surface area contributed by atoms with E-state index in [-0.39, 0.29) is 0 Å². The molecule has 0 spiro atoms. The first-order valence-corrected chi connectivity index (χ1v) is 10.4. The SMILES string of the molecule is O=S(=O)(NCCCN1CCNCC1)c1csc2ccc(Cl)cc12. The molecule has 126 valence electrons. The first kappa shape index (κ1) is 17.1. The Morgan fingerprint density at radius 3 is 2.87 bits per heavy atom. The van der Waals surface area contributed by atoms with Gasteiger partial charge in [-0.25, -0.2) is 13.1 Å². The number of halogens is 1. The third-order valence-electron chi connectivity index (χ3n) is 3.94. The number of rotatable bonds is 6. The van der Waals surface area contributed by atoms with Crippen molar-refractivity contribution in [2.75, 3.05) is 39.3 Å². The summed E-state index contributed by atoms with van der Waals surface area (Å²) in [4.78, 5) is 2.67. The first-order chi connectivity index (χ1) is 11.1. The summed E-state index contributed by atoms with van der Waals surface area (Å²) in [5, 5.41) is 6.23. The molecule has 0 bridgehead atoms. The van der Waals surface area contributed by atoms with Crippen LogP contribution >= 0.6 is 22.9 Å². The summed E-state index contributed by atoms with van der Waals surface area (Å²) in [5.41, 5.74) is 0. The number of piperazine rings is 1. The highest BCUT2D eigenvalue weighted by atomic mass is 35.5. The lowest BCUT2D eigenvalue weighted by Gasteiger charge is -2.27. The van der Waals surface area contributed by atoms with Crippen molar-refractivity contribution in [3.05, 3.63) is 28.6 Å². The van der Waals surface area contributed by atoms with E-state index in [2.05, 4.69) is 14.9 Å². The van der Waals surface area contributed by atoms with Gasteiger partial charge in [0.1, 0.15) is 4.90 Å². The molecule has 1 aromatic heterocycles. The minimum atomic E-state index is -3.49. The molecule has 0 unspecified atom stereocenters. The Hall–Kier alpha value is -0.700. The second kappa shape index (κ2) is 7.46. The molecule has 0 amide bonds. The second-order valence-corrected chi connectivity index (χ2v) is 8.67. The molecule has 0 saturated carbocycles. The van der Waals surface area contributed by atoms with Gasteiger partial charge in [0.2, 0.25) is 10.0 Å². The van der Waals surface area contributed by atoms with E-state index in [1.54, 1.807) is 17.5 Å². The maximum absolute atomic E-state index is 12.5. The summed E-state index contributed by atoms with van der Waals surface area (Å²) in [6, 6.07) is 5.34. The summed E-state index contributed by atoms with van der Waals surface area (Å²) >= 11 is 7.41. The van der Waals surface area contributed by atoms with Crippen LogP contribution in [-0.2, 0) is 10.0 Å². The van der Waals surface area contributed by atoms with Gasteiger partial charge >= 0.3 is 0 Å². The summed E-state index contributed by atoms with van der Waals surface area (Å²) in [6.45, 7) is 5.44. The Morgan fingerprint density at radius 1 is 1.30 bits per heavy atom. The molecule has 23 heavy (non-hydrogen) atoms. The van der Waals surface area contributed by atoms with Gasteiger partial charge < -0.3 is 10.2 Å². The molecule has 3 rings (SSSR count). The number of benzene rings is 1. The summed E-state index contributed by atoms with van der Waals surface area (Å²) in [6.07, 6.45) is 0.808. The van der Waals surface area contributed by atoms with Gasteiger partial charge in [-0.1, -0.05) is 11.6 Å². The van der Waals surface area contributed by atoms with Gasteiger partial charge in [-0.2, -0.15) is 0 Å². The molecule has 2 aromatic rings. The van der Waals surface area contributed by atoms with E-state index in [1.807, 2.05) is 6.07 Å². The topological polar surface area (TPSA) is 61.4 Å². The van der Waals surface area contributed by atoms with E-state index >= 15 is 0 Å². The van der Waals surface area contributed by atoms with Crippen LogP contribution in [0.25, 0.3) is 10.1 Å². The number of sulfonamides is 1. The average molecular weight is 374 g/mol. The Kier molecular flexibility index (Phi) is 5.56. The third kappa shape index (κ3) is 4.23. The van der Waals surface area contributed by atoms with Crippen LogP contribution in [0.5, 0.6) is 0 Å². The number of thiophene rings is 1. The summed E-state index contributed by atoms with van der Waals surface area (Å²) in [7, 11) is -3.49. The number of nitrogens with zero attached hydrogens (tertiary/aromatic N) is 1. The van der Waals surface area contributed by atoms with E-state index in [4.69, 9.17) is 11.6 Å². The maximum atomic E-state index is 12.5. The second-order valence-electron chi connectivity index (χ2n) is 5.58. The third-order valence-corrected chi connectivity index (χ3v) is 6.79. The van der Waals surface area contributed by atoms with Crippen molar-refractivity contribution in [3.63, 3.8) is 0 Å². The van der Waals surface area contributed by atoms with Gasteiger partial charge in [0.25, 0.3) is 0 Å². The van der Waals surface area contributed by atoms with Gasteiger partial charge in [-0.3, -0.25) is 0 Å². The molecule has 1 fully saturated rings. The van der Waals surface area contributed by atoms with Gasteiger partial charge in [0.15, 0.2) is 0 Å².